The summed E-state index contributed by atoms with van der Waals surface area (Å²) >= 11 is 0. The predicted octanol–water partition coefficient (Wildman–Crippen LogP) is 3.18. The molecule has 18 heavy (non-hydrogen) atoms. The number of nitro benzene ring substituents is 1. The molecule has 5 nitrogen and oxygen atoms in total. The molecule has 0 radical (unpaired) electrons. The maximum absolute atomic E-state index is 12.9. The molecule has 2 N–H and O–H groups in total. The van der Waals surface area contributed by atoms with Crippen molar-refractivity contribution in [2.24, 2.45) is 0 Å². The monoisotopic (exact) mass is 248 g/mol. The summed E-state index contributed by atoms with van der Waals surface area (Å²) in [6, 6.07) is 9.28. The lowest BCUT2D eigenvalue weighted by atomic mass is 10.2. The molecule has 0 amide bonds. The molecule has 0 spiro atoms. The minimum atomic E-state index is -0.669. The first-order valence-corrected chi connectivity index (χ1v) is 5.06. The van der Waals surface area contributed by atoms with Crippen molar-refractivity contribution >= 4 is 17.1 Å². The summed E-state index contributed by atoms with van der Waals surface area (Å²) in [6.07, 6.45) is 0. The van der Waals surface area contributed by atoms with Gasteiger partial charge < -0.3 is 10.4 Å². The van der Waals surface area contributed by atoms with Gasteiger partial charge in [0.25, 0.3) is 5.69 Å². The highest BCUT2D eigenvalue weighted by atomic mass is 19.1. The molecule has 0 aliphatic carbocycles. The fourth-order valence-corrected chi connectivity index (χ4v) is 1.46. The van der Waals surface area contributed by atoms with Crippen LogP contribution in [-0.4, -0.2) is 10.0 Å². The molecule has 92 valence electrons. The van der Waals surface area contributed by atoms with Gasteiger partial charge in [0.1, 0.15) is 17.3 Å². The van der Waals surface area contributed by atoms with E-state index in [1.54, 1.807) is 12.1 Å². The summed E-state index contributed by atoms with van der Waals surface area (Å²) in [6.45, 7) is 0. The molecule has 0 bridgehead atoms. The standard InChI is InChI=1S/C12H9FN2O3/c13-8-1-6-11(12(7-8)15(17)18)14-9-2-4-10(16)5-3-9/h1-7,14,16H. The molecular formula is C12H9FN2O3. The second-order valence-electron chi connectivity index (χ2n) is 3.59. The number of nitrogens with one attached hydrogen (secondary N) is 1. The van der Waals surface area contributed by atoms with Crippen molar-refractivity contribution < 1.29 is 14.4 Å². The van der Waals surface area contributed by atoms with Crippen molar-refractivity contribution in [3.05, 3.63) is 58.4 Å². The van der Waals surface area contributed by atoms with Crippen LogP contribution in [0.4, 0.5) is 21.5 Å². The first-order chi connectivity index (χ1) is 8.56. The number of hydrogen-bond donors (Lipinski definition) is 2. The van der Waals surface area contributed by atoms with E-state index in [4.69, 9.17) is 5.11 Å². The van der Waals surface area contributed by atoms with Gasteiger partial charge in [0.15, 0.2) is 0 Å². The van der Waals surface area contributed by atoms with E-state index in [0.29, 0.717) is 5.69 Å². The number of nitro groups is 1. The lowest BCUT2D eigenvalue weighted by Gasteiger charge is -2.07. The van der Waals surface area contributed by atoms with Gasteiger partial charge in [-0.2, -0.15) is 0 Å². The molecule has 2 aromatic carbocycles. The average Bonchev–Trinajstić information content (AvgIpc) is 2.34. The minimum Gasteiger partial charge on any atom is -0.508 e. The lowest BCUT2D eigenvalue weighted by Crippen LogP contribution is -1.97. The van der Waals surface area contributed by atoms with Gasteiger partial charge in [0.2, 0.25) is 0 Å². The number of benzene rings is 2. The van der Waals surface area contributed by atoms with Crippen molar-refractivity contribution in [2.45, 2.75) is 0 Å². The number of aromatic hydroxyl groups is 1. The van der Waals surface area contributed by atoms with Crippen LogP contribution >= 0.6 is 0 Å². The molecule has 0 heterocycles. The zero-order valence-corrected chi connectivity index (χ0v) is 9.13. The fraction of sp³-hybridized carbons (Fsp3) is 0. The third kappa shape index (κ3) is 2.54. The Morgan fingerprint density at radius 3 is 2.44 bits per heavy atom. The topological polar surface area (TPSA) is 75.4 Å². The van der Waals surface area contributed by atoms with Gasteiger partial charge in [-0.05, 0) is 36.4 Å². The summed E-state index contributed by atoms with van der Waals surface area (Å²) in [7, 11) is 0. The normalized spacial score (nSPS) is 10.1. The SMILES string of the molecule is O=[N+]([O-])c1cc(F)ccc1Nc1ccc(O)cc1. The molecule has 0 atom stereocenters. The molecular weight excluding hydrogens is 239 g/mol. The van der Waals surface area contributed by atoms with Crippen molar-refractivity contribution in [1.29, 1.82) is 0 Å². The van der Waals surface area contributed by atoms with E-state index in [-0.39, 0.29) is 17.1 Å². The maximum Gasteiger partial charge on any atom is 0.295 e. The first-order valence-electron chi connectivity index (χ1n) is 5.06. The number of rotatable bonds is 3. The quantitative estimate of drug-likeness (QED) is 0.497. The van der Waals surface area contributed by atoms with Gasteiger partial charge in [-0.15, -0.1) is 0 Å². The van der Waals surface area contributed by atoms with Crippen LogP contribution in [0.15, 0.2) is 42.5 Å². The van der Waals surface area contributed by atoms with Gasteiger partial charge in [0.05, 0.1) is 11.0 Å². The van der Waals surface area contributed by atoms with Crippen LogP contribution in [0.5, 0.6) is 5.75 Å². The van der Waals surface area contributed by atoms with E-state index < -0.39 is 10.7 Å². The van der Waals surface area contributed by atoms with E-state index in [2.05, 4.69) is 5.32 Å². The van der Waals surface area contributed by atoms with Crippen LogP contribution in [-0.2, 0) is 0 Å². The van der Waals surface area contributed by atoms with Gasteiger partial charge in [-0.1, -0.05) is 0 Å². The van der Waals surface area contributed by atoms with Crippen molar-refractivity contribution in [3.63, 3.8) is 0 Å². The second kappa shape index (κ2) is 4.70. The summed E-state index contributed by atoms with van der Waals surface area (Å²) in [5.41, 5.74) is 0.401. The molecule has 0 aliphatic heterocycles. The largest absolute Gasteiger partial charge is 0.508 e. The van der Waals surface area contributed by atoms with E-state index in [0.717, 1.165) is 12.1 Å². The molecule has 2 rings (SSSR count). The highest BCUT2D eigenvalue weighted by molar-refractivity contribution is 5.69. The Bertz CT molecular complexity index is 584. The van der Waals surface area contributed by atoms with Crippen LogP contribution in [0.1, 0.15) is 0 Å². The van der Waals surface area contributed by atoms with Crippen molar-refractivity contribution in [3.8, 4) is 5.75 Å². The predicted molar refractivity (Wildman–Crippen MR) is 64.4 cm³/mol. The van der Waals surface area contributed by atoms with Gasteiger partial charge >= 0.3 is 0 Å². The Kier molecular flexibility index (Phi) is 3.09. The number of hydrogen-bond acceptors (Lipinski definition) is 4. The molecule has 0 fully saturated rings. The highest BCUT2D eigenvalue weighted by Gasteiger charge is 2.14. The Balaban J connectivity index is 2.34. The molecule has 0 saturated heterocycles. The van der Waals surface area contributed by atoms with Crippen LogP contribution < -0.4 is 5.32 Å². The van der Waals surface area contributed by atoms with Crippen LogP contribution in [0.25, 0.3) is 0 Å². The Morgan fingerprint density at radius 2 is 1.83 bits per heavy atom. The second-order valence-corrected chi connectivity index (χ2v) is 3.59. The summed E-state index contributed by atoms with van der Waals surface area (Å²) < 4.78 is 12.9. The van der Waals surface area contributed by atoms with Crippen molar-refractivity contribution in [2.75, 3.05) is 5.32 Å². The van der Waals surface area contributed by atoms with Crippen LogP contribution in [0.3, 0.4) is 0 Å². The van der Waals surface area contributed by atoms with Crippen molar-refractivity contribution in [1.82, 2.24) is 0 Å². The summed E-state index contributed by atoms with van der Waals surface area (Å²) in [4.78, 5) is 10.1. The first kappa shape index (κ1) is 11.8. The molecule has 0 unspecified atom stereocenters. The molecule has 6 heteroatoms. The zero-order valence-electron chi connectivity index (χ0n) is 9.13. The van der Waals surface area contributed by atoms with E-state index >= 15 is 0 Å². The lowest BCUT2D eigenvalue weighted by molar-refractivity contribution is -0.384. The Morgan fingerprint density at radius 1 is 1.17 bits per heavy atom. The van der Waals surface area contributed by atoms with E-state index in [1.165, 1.54) is 18.2 Å². The molecule has 0 aliphatic rings. The maximum atomic E-state index is 12.9. The number of halogens is 1. The van der Waals surface area contributed by atoms with Gasteiger partial charge in [-0.3, -0.25) is 10.1 Å². The van der Waals surface area contributed by atoms with Crippen LogP contribution in [0.2, 0.25) is 0 Å². The van der Waals surface area contributed by atoms with Gasteiger partial charge in [-0.25, -0.2) is 4.39 Å². The van der Waals surface area contributed by atoms with Crippen LogP contribution in [0, 0.1) is 15.9 Å². The molecule has 2 aromatic rings. The average molecular weight is 248 g/mol. The van der Waals surface area contributed by atoms with E-state index in [1.807, 2.05) is 0 Å². The smallest absolute Gasteiger partial charge is 0.295 e. The summed E-state index contributed by atoms with van der Waals surface area (Å²) in [5.74, 6) is -0.577. The number of phenolic OH excluding ortho intramolecular Hbond substituents is 1. The third-order valence-corrected chi connectivity index (χ3v) is 2.30. The number of phenols is 1. The number of nitrogens with zero attached hydrogens (tertiary/aromatic N) is 1. The molecule has 0 aromatic heterocycles. The fourth-order valence-electron chi connectivity index (χ4n) is 1.46. The Hall–Kier alpha value is -2.63. The van der Waals surface area contributed by atoms with E-state index in [9.17, 15) is 14.5 Å². The summed E-state index contributed by atoms with van der Waals surface area (Å²) in [5, 5.41) is 22.7. The number of anilines is 2. The highest BCUT2D eigenvalue weighted by Crippen LogP contribution is 2.28. The van der Waals surface area contributed by atoms with Gasteiger partial charge in [0, 0.05) is 5.69 Å². The zero-order chi connectivity index (χ0) is 13.1. The third-order valence-electron chi connectivity index (χ3n) is 2.30. The molecule has 0 saturated carbocycles. The Labute approximate surface area is 102 Å². The minimum absolute atomic E-state index is 0.0918.